The van der Waals surface area contributed by atoms with Gasteiger partial charge in [0.1, 0.15) is 11.5 Å². The Bertz CT molecular complexity index is 671. The van der Waals surface area contributed by atoms with Crippen molar-refractivity contribution in [3.63, 3.8) is 0 Å². The molecule has 6 heteroatoms. The van der Waals surface area contributed by atoms with Crippen LogP contribution < -0.4 is 5.32 Å². The summed E-state index contributed by atoms with van der Waals surface area (Å²) in [5, 5.41) is 11.4. The third-order valence-corrected chi connectivity index (χ3v) is 2.96. The topological polar surface area (TPSA) is 79.3 Å². The number of nitrogens with one attached hydrogen (secondary N) is 1. The minimum absolute atomic E-state index is 0.145. The van der Waals surface area contributed by atoms with Gasteiger partial charge in [0.15, 0.2) is 0 Å². The molecule has 2 N–H and O–H groups in total. The number of carbonyl (C=O) groups excluding carboxylic acids is 1. The monoisotopic (exact) mass is 288 g/mol. The van der Waals surface area contributed by atoms with Crippen LogP contribution in [0.4, 0.5) is 4.39 Å². The molecule has 2 aromatic rings. The van der Waals surface area contributed by atoms with E-state index in [0.717, 1.165) is 0 Å². The number of aromatic nitrogens is 1. The van der Waals surface area contributed by atoms with Gasteiger partial charge in [-0.15, -0.1) is 0 Å². The van der Waals surface area contributed by atoms with Crippen LogP contribution in [-0.2, 0) is 0 Å². The molecule has 0 aliphatic heterocycles. The predicted molar refractivity (Wildman–Crippen MR) is 73.5 cm³/mol. The molecule has 108 valence electrons. The van der Waals surface area contributed by atoms with Crippen LogP contribution >= 0.6 is 0 Å². The number of halogens is 1. The quantitative estimate of drug-likeness (QED) is 0.905. The van der Waals surface area contributed by atoms with Crippen molar-refractivity contribution in [2.45, 2.75) is 13.0 Å². The maximum Gasteiger partial charge on any atom is 0.354 e. The van der Waals surface area contributed by atoms with E-state index in [4.69, 9.17) is 5.11 Å². The normalized spacial score (nSPS) is 11.7. The van der Waals surface area contributed by atoms with Crippen molar-refractivity contribution in [3.8, 4) is 0 Å². The number of hydrogen-bond acceptors (Lipinski definition) is 3. The molecule has 1 amide bonds. The lowest BCUT2D eigenvalue weighted by molar-refractivity contribution is 0.0689. The Morgan fingerprint density at radius 2 is 1.95 bits per heavy atom. The summed E-state index contributed by atoms with van der Waals surface area (Å²) in [5.41, 5.74) is 0.442. The number of rotatable bonds is 4. The molecule has 0 saturated heterocycles. The highest BCUT2D eigenvalue weighted by Gasteiger charge is 2.15. The highest BCUT2D eigenvalue weighted by atomic mass is 19.1. The summed E-state index contributed by atoms with van der Waals surface area (Å²) < 4.78 is 13.6. The highest BCUT2D eigenvalue weighted by Crippen LogP contribution is 2.16. The number of aromatic carboxylic acids is 1. The number of carboxylic acid groups (broad SMARTS) is 1. The number of hydrogen-bond donors (Lipinski definition) is 2. The molecule has 5 nitrogen and oxygen atoms in total. The van der Waals surface area contributed by atoms with Crippen LogP contribution in [0.3, 0.4) is 0 Å². The molecule has 1 aromatic heterocycles. The Balaban J connectivity index is 2.11. The van der Waals surface area contributed by atoms with Crippen molar-refractivity contribution in [1.29, 1.82) is 0 Å². The molecule has 1 atom stereocenters. The predicted octanol–water partition coefficient (Wildman–Crippen LogP) is 2.41. The van der Waals surface area contributed by atoms with Gasteiger partial charge in [-0.3, -0.25) is 4.79 Å². The average Bonchev–Trinajstić information content (AvgIpc) is 2.47. The molecule has 0 spiro atoms. The van der Waals surface area contributed by atoms with E-state index in [0.29, 0.717) is 5.56 Å². The second-order valence-corrected chi connectivity index (χ2v) is 4.45. The van der Waals surface area contributed by atoms with Gasteiger partial charge in [0.25, 0.3) is 5.91 Å². The zero-order chi connectivity index (χ0) is 15.4. The van der Waals surface area contributed by atoms with E-state index in [9.17, 15) is 14.0 Å². The zero-order valence-corrected chi connectivity index (χ0v) is 11.2. The first-order valence-corrected chi connectivity index (χ1v) is 6.23. The van der Waals surface area contributed by atoms with Crippen molar-refractivity contribution in [2.75, 3.05) is 0 Å². The molecule has 1 aromatic carbocycles. The van der Waals surface area contributed by atoms with Gasteiger partial charge in [-0.2, -0.15) is 0 Å². The second kappa shape index (κ2) is 6.13. The first-order valence-electron chi connectivity index (χ1n) is 6.23. The van der Waals surface area contributed by atoms with E-state index in [1.165, 1.54) is 24.4 Å². The molecule has 0 fully saturated rings. The molecular weight excluding hydrogens is 275 g/mol. The Hall–Kier alpha value is -2.76. The summed E-state index contributed by atoms with van der Waals surface area (Å²) in [4.78, 5) is 26.3. The molecule has 0 aliphatic rings. The molecule has 21 heavy (non-hydrogen) atoms. The number of pyridine rings is 1. The number of carboxylic acids is 1. The van der Waals surface area contributed by atoms with Gasteiger partial charge in [0.2, 0.25) is 0 Å². The van der Waals surface area contributed by atoms with E-state index in [2.05, 4.69) is 10.3 Å². The Morgan fingerprint density at radius 3 is 2.52 bits per heavy atom. The third-order valence-electron chi connectivity index (χ3n) is 2.96. The van der Waals surface area contributed by atoms with Crippen molar-refractivity contribution >= 4 is 11.9 Å². The van der Waals surface area contributed by atoms with Gasteiger partial charge in [-0.1, -0.05) is 18.2 Å². The maximum absolute atomic E-state index is 13.6. The molecule has 0 saturated carbocycles. The van der Waals surface area contributed by atoms with Crippen molar-refractivity contribution in [3.05, 3.63) is 65.2 Å². The van der Waals surface area contributed by atoms with Crippen LogP contribution in [-0.4, -0.2) is 22.0 Å². The first-order chi connectivity index (χ1) is 9.99. The molecular formula is C15H13FN2O3. The van der Waals surface area contributed by atoms with E-state index in [1.54, 1.807) is 25.1 Å². The fraction of sp³-hybridized carbons (Fsp3) is 0.133. The van der Waals surface area contributed by atoms with Crippen LogP contribution in [0.5, 0.6) is 0 Å². The van der Waals surface area contributed by atoms with Gasteiger partial charge in [-0.25, -0.2) is 14.2 Å². The number of nitrogens with zero attached hydrogens (tertiary/aromatic N) is 1. The minimum Gasteiger partial charge on any atom is -0.477 e. The molecule has 0 radical (unpaired) electrons. The fourth-order valence-electron chi connectivity index (χ4n) is 1.84. The standard InChI is InChI=1S/C15H13FN2O3/c1-9(11-4-2-3-5-12(11)16)18-14(19)10-6-7-13(15(20)21)17-8-10/h2-9H,1H3,(H,18,19)(H,20,21). The van der Waals surface area contributed by atoms with Gasteiger partial charge >= 0.3 is 5.97 Å². The van der Waals surface area contributed by atoms with Crippen molar-refractivity contribution < 1.29 is 19.1 Å². The number of carbonyl (C=O) groups is 2. The van der Waals surface area contributed by atoms with Crippen molar-refractivity contribution in [1.82, 2.24) is 10.3 Å². The van der Waals surface area contributed by atoms with E-state index < -0.39 is 23.7 Å². The van der Waals surface area contributed by atoms with Crippen LogP contribution in [0.15, 0.2) is 42.6 Å². The Morgan fingerprint density at radius 1 is 1.24 bits per heavy atom. The smallest absolute Gasteiger partial charge is 0.354 e. The van der Waals surface area contributed by atoms with E-state index >= 15 is 0 Å². The van der Waals surface area contributed by atoms with Crippen LogP contribution in [0.2, 0.25) is 0 Å². The molecule has 1 unspecified atom stereocenters. The summed E-state index contributed by atoms with van der Waals surface area (Å²) in [6.45, 7) is 1.66. The molecule has 0 bridgehead atoms. The molecule has 0 aliphatic carbocycles. The van der Waals surface area contributed by atoms with E-state index in [-0.39, 0.29) is 11.3 Å². The average molecular weight is 288 g/mol. The highest BCUT2D eigenvalue weighted by molar-refractivity contribution is 5.95. The van der Waals surface area contributed by atoms with Gasteiger partial charge in [0, 0.05) is 11.8 Å². The lowest BCUT2D eigenvalue weighted by atomic mass is 10.1. The zero-order valence-electron chi connectivity index (χ0n) is 11.2. The summed E-state index contributed by atoms with van der Waals surface area (Å²) in [6, 6.07) is 8.25. The first kappa shape index (κ1) is 14.6. The Kier molecular flexibility index (Phi) is 4.27. The largest absolute Gasteiger partial charge is 0.477 e. The van der Waals surface area contributed by atoms with E-state index in [1.807, 2.05) is 0 Å². The third kappa shape index (κ3) is 3.42. The van der Waals surface area contributed by atoms with Crippen LogP contribution in [0.1, 0.15) is 39.4 Å². The SMILES string of the molecule is CC(NC(=O)c1ccc(C(=O)O)nc1)c1ccccc1F. The summed E-state index contributed by atoms with van der Waals surface area (Å²) >= 11 is 0. The number of benzene rings is 1. The lowest BCUT2D eigenvalue weighted by Gasteiger charge is -2.15. The minimum atomic E-state index is -1.17. The van der Waals surface area contributed by atoms with Gasteiger partial charge in [-0.05, 0) is 25.1 Å². The summed E-state index contributed by atoms with van der Waals surface area (Å²) in [5.74, 6) is -2.01. The van der Waals surface area contributed by atoms with Crippen LogP contribution in [0, 0.1) is 5.82 Å². The molecule has 1 heterocycles. The fourth-order valence-corrected chi connectivity index (χ4v) is 1.84. The van der Waals surface area contributed by atoms with Crippen LogP contribution in [0.25, 0.3) is 0 Å². The molecule has 2 rings (SSSR count). The Labute approximate surface area is 120 Å². The van der Waals surface area contributed by atoms with Crippen molar-refractivity contribution in [2.24, 2.45) is 0 Å². The lowest BCUT2D eigenvalue weighted by Crippen LogP contribution is -2.27. The van der Waals surface area contributed by atoms with Gasteiger partial charge in [0.05, 0.1) is 11.6 Å². The number of amides is 1. The summed E-state index contributed by atoms with van der Waals surface area (Å²) in [7, 11) is 0. The maximum atomic E-state index is 13.6. The summed E-state index contributed by atoms with van der Waals surface area (Å²) in [6.07, 6.45) is 1.17. The van der Waals surface area contributed by atoms with Gasteiger partial charge < -0.3 is 10.4 Å². The second-order valence-electron chi connectivity index (χ2n) is 4.45.